The number of hydrogen-bond donors (Lipinski definition) is 0. The van der Waals surface area contributed by atoms with Gasteiger partial charge >= 0.3 is 0 Å². The highest BCUT2D eigenvalue weighted by Gasteiger charge is 2.13. The topological polar surface area (TPSA) is 45.8 Å². The van der Waals surface area contributed by atoms with Gasteiger partial charge in [-0.25, -0.2) is 0 Å². The Balaban J connectivity index is 2.20. The van der Waals surface area contributed by atoms with Crippen LogP contribution in [-0.2, 0) is 6.54 Å². The van der Waals surface area contributed by atoms with Crippen molar-refractivity contribution in [2.75, 3.05) is 0 Å². The number of hydrogen-bond acceptors (Lipinski definition) is 2. The Morgan fingerprint density at radius 3 is 2.31 bits per heavy atom. The lowest BCUT2D eigenvalue weighted by molar-refractivity contribution is 0.766. The van der Waals surface area contributed by atoms with E-state index in [4.69, 9.17) is 46.4 Å². The van der Waals surface area contributed by atoms with Crippen LogP contribution in [0.15, 0.2) is 53.3 Å². The minimum Gasteiger partial charge on any atom is -0.303 e. The summed E-state index contributed by atoms with van der Waals surface area (Å²) in [5, 5.41) is 10.9. The third-order valence-electron chi connectivity index (χ3n) is 3.85. The van der Waals surface area contributed by atoms with Crippen LogP contribution in [0, 0.1) is 11.3 Å². The zero-order chi connectivity index (χ0) is 18.8. The maximum absolute atomic E-state index is 12.7. The molecule has 1 aromatic heterocycles. The van der Waals surface area contributed by atoms with Crippen molar-refractivity contribution in [3.05, 3.63) is 90.1 Å². The lowest BCUT2D eigenvalue weighted by Crippen LogP contribution is -2.24. The standard InChI is InChI=1S/C19H10Cl4N2O/c20-14-4-1-13(16(22)8-14)10-25-18(6-3-12(9-24)19(25)26)11-2-5-15(21)17(23)7-11/h1-8H,10H2. The van der Waals surface area contributed by atoms with Gasteiger partial charge in [-0.15, -0.1) is 0 Å². The molecule has 130 valence electrons. The van der Waals surface area contributed by atoms with E-state index in [2.05, 4.69) is 0 Å². The van der Waals surface area contributed by atoms with E-state index < -0.39 is 5.56 Å². The zero-order valence-electron chi connectivity index (χ0n) is 13.1. The summed E-state index contributed by atoms with van der Waals surface area (Å²) >= 11 is 24.3. The first kappa shape index (κ1) is 18.8. The van der Waals surface area contributed by atoms with Gasteiger partial charge < -0.3 is 4.57 Å². The van der Waals surface area contributed by atoms with Crippen LogP contribution in [0.4, 0.5) is 0 Å². The van der Waals surface area contributed by atoms with Gasteiger partial charge in [-0.3, -0.25) is 4.79 Å². The molecule has 7 heteroatoms. The first-order valence-corrected chi connectivity index (χ1v) is 8.95. The van der Waals surface area contributed by atoms with Gasteiger partial charge in [0, 0.05) is 10.0 Å². The second-order valence-corrected chi connectivity index (χ2v) is 7.16. The van der Waals surface area contributed by atoms with E-state index in [1.165, 1.54) is 10.6 Å². The summed E-state index contributed by atoms with van der Waals surface area (Å²) in [6.45, 7) is 0.180. The molecule has 2 aromatic carbocycles. The lowest BCUT2D eigenvalue weighted by atomic mass is 10.1. The molecule has 0 amide bonds. The van der Waals surface area contributed by atoms with Crippen LogP contribution in [0.1, 0.15) is 11.1 Å². The molecule has 0 unspecified atom stereocenters. The minimum atomic E-state index is -0.415. The van der Waals surface area contributed by atoms with Gasteiger partial charge in [0.25, 0.3) is 5.56 Å². The summed E-state index contributed by atoms with van der Waals surface area (Å²) in [6, 6.07) is 15.2. The summed E-state index contributed by atoms with van der Waals surface area (Å²) in [6.07, 6.45) is 0. The van der Waals surface area contributed by atoms with Crippen molar-refractivity contribution in [2.45, 2.75) is 6.54 Å². The van der Waals surface area contributed by atoms with Crippen LogP contribution in [0.2, 0.25) is 20.1 Å². The van der Waals surface area contributed by atoms with Crippen molar-refractivity contribution in [1.82, 2.24) is 4.57 Å². The van der Waals surface area contributed by atoms with Crippen molar-refractivity contribution in [2.24, 2.45) is 0 Å². The number of nitriles is 1. The van der Waals surface area contributed by atoms with Gasteiger partial charge in [-0.05, 0) is 47.5 Å². The Morgan fingerprint density at radius 1 is 0.885 bits per heavy atom. The molecule has 0 aliphatic heterocycles. The fourth-order valence-corrected chi connectivity index (χ4v) is 3.31. The van der Waals surface area contributed by atoms with Crippen LogP contribution >= 0.6 is 46.4 Å². The molecule has 0 atom stereocenters. The number of benzene rings is 2. The monoisotopic (exact) mass is 422 g/mol. The minimum absolute atomic E-state index is 0.0406. The average Bonchev–Trinajstić information content (AvgIpc) is 2.61. The Kier molecular flexibility index (Phi) is 5.60. The molecule has 0 aliphatic carbocycles. The Hall–Kier alpha value is -1.96. The largest absolute Gasteiger partial charge is 0.303 e. The third-order valence-corrected chi connectivity index (χ3v) is 5.18. The molecule has 3 nitrogen and oxygen atoms in total. The summed E-state index contributed by atoms with van der Waals surface area (Å²) in [4.78, 5) is 12.7. The van der Waals surface area contributed by atoms with Crippen LogP contribution in [0.25, 0.3) is 11.3 Å². The van der Waals surface area contributed by atoms with Crippen LogP contribution in [0.5, 0.6) is 0 Å². The lowest BCUT2D eigenvalue weighted by Gasteiger charge is -2.15. The fourth-order valence-electron chi connectivity index (χ4n) is 2.55. The van der Waals surface area contributed by atoms with Gasteiger partial charge in [0.05, 0.1) is 22.3 Å². The van der Waals surface area contributed by atoms with Crippen LogP contribution < -0.4 is 5.56 Å². The SMILES string of the molecule is N#Cc1ccc(-c2ccc(Cl)c(Cl)c2)n(Cc2ccc(Cl)cc2Cl)c1=O. The molecule has 0 aliphatic rings. The van der Waals surface area contributed by atoms with Gasteiger partial charge in [-0.2, -0.15) is 5.26 Å². The summed E-state index contributed by atoms with van der Waals surface area (Å²) in [5.41, 5.74) is 1.63. The second kappa shape index (κ2) is 7.73. The van der Waals surface area contributed by atoms with E-state index in [0.717, 1.165) is 0 Å². The predicted molar refractivity (Wildman–Crippen MR) is 106 cm³/mol. The molecule has 0 radical (unpaired) electrons. The quantitative estimate of drug-likeness (QED) is 0.514. The molecule has 0 bridgehead atoms. The highest BCUT2D eigenvalue weighted by atomic mass is 35.5. The zero-order valence-corrected chi connectivity index (χ0v) is 16.2. The Morgan fingerprint density at radius 2 is 1.65 bits per heavy atom. The average molecular weight is 424 g/mol. The van der Waals surface area contributed by atoms with Crippen LogP contribution in [0.3, 0.4) is 0 Å². The Labute approximate surface area is 169 Å². The molecule has 3 rings (SSSR count). The molecule has 3 aromatic rings. The van der Waals surface area contributed by atoms with E-state index in [0.29, 0.717) is 36.9 Å². The molecular weight excluding hydrogens is 414 g/mol. The van der Waals surface area contributed by atoms with Crippen molar-refractivity contribution < 1.29 is 0 Å². The molecule has 0 spiro atoms. The van der Waals surface area contributed by atoms with Crippen LogP contribution in [-0.4, -0.2) is 4.57 Å². The smallest absolute Gasteiger partial charge is 0.269 e. The maximum atomic E-state index is 12.7. The van der Waals surface area contributed by atoms with Gasteiger partial charge in [0.1, 0.15) is 11.6 Å². The van der Waals surface area contributed by atoms with Crippen molar-refractivity contribution in [3.8, 4) is 17.3 Å². The molecule has 0 fully saturated rings. The first-order chi connectivity index (χ1) is 12.4. The van der Waals surface area contributed by atoms with E-state index >= 15 is 0 Å². The number of aromatic nitrogens is 1. The van der Waals surface area contributed by atoms with E-state index in [1.807, 2.05) is 6.07 Å². The van der Waals surface area contributed by atoms with Gasteiger partial charge in [0.2, 0.25) is 0 Å². The highest BCUT2D eigenvalue weighted by molar-refractivity contribution is 6.42. The van der Waals surface area contributed by atoms with Gasteiger partial charge in [-0.1, -0.05) is 58.5 Å². The number of pyridine rings is 1. The maximum Gasteiger partial charge on any atom is 0.269 e. The number of rotatable bonds is 3. The Bertz CT molecular complexity index is 1100. The summed E-state index contributed by atoms with van der Waals surface area (Å²) in [7, 11) is 0. The van der Waals surface area contributed by atoms with E-state index in [-0.39, 0.29) is 12.1 Å². The van der Waals surface area contributed by atoms with Crippen molar-refractivity contribution in [1.29, 1.82) is 5.26 Å². The van der Waals surface area contributed by atoms with Gasteiger partial charge in [0.15, 0.2) is 0 Å². The third kappa shape index (κ3) is 3.75. The molecule has 0 saturated heterocycles. The number of nitrogens with zero attached hydrogens (tertiary/aromatic N) is 2. The normalized spacial score (nSPS) is 10.6. The summed E-state index contributed by atoms with van der Waals surface area (Å²) < 4.78 is 1.48. The second-order valence-electron chi connectivity index (χ2n) is 5.50. The van der Waals surface area contributed by atoms with E-state index in [9.17, 15) is 10.1 Å². The van der Waals surface area contributed by atoms with E-state index in [1.54, 1.807) is 42.5 Å². The molecule has 0 saturated carbocycles. The molecule has 0 N–H and O–H groups in total. The molecule has 26 heavy (non-hydrogen) atoms. The number of halogens is 4. The highest BCUT2D eigenvalue weighted by Crippen LogP contribution is 2.29. The van der Waals surface area contributed by atoms with Crippen molar-refractivity contribution >= 4 is 46.4 Å². The predicted octanol–water partition coefficient (Wildman–Crippen LogP) is 6.05. The first-order valence-electron chi connectivity index (χ1n) is 7.44. The molecule has 1 heterocycles. The fraction of sp³-hybridized carbons (Fsp3) is 0.0526. The summed E-state index contributed by atoms with van der Waals surface area (Å²) in [5.74, 6) is 0. The van der Waals surface area contributed by atoms with Crippen molar-refractivity contribution in [3.63, 3.8) is 0 Å². The molecular formula is C19H10Cl4N2O.